The smallest absolute Gasteiger partial charge is 0.119 e. The zero-order valence-electron chi connectivity index (χ0n) is 13.1. The van der Waals surface area contributed by atoms with Gasteiger partial charge in [0.2, 0.25) is 0 Å². The van der Waals surface area contributed by atoms with E-state index in [0.717, 1.165) is 22.6 Å². The lowest BCUT2D eigenvalue weighted by Gasteiger charge is -2.11. The van der Waals surface area contributed by atoms with E-state index in [1.807, 2.05) is 61.5 Å². The lowest BCUT2D eigenvalue weighted by Crippen LogP contribution is -2.12. The summed E-state index contributed by atoms with van der Waals surface area (Å²) in [6.07, 6.45) is 0.710. The molecule has 0 saturated carbocycles. The van der Waals surface area contributed by atoms with Gasteiger partial charge < -0.3 is 9.30 Å². The number of para-hydroxylation sites is 3. The van der Waals surface area contributed by atoms with Crippen molar-refractivity contribution in [1.29, 1.82) is 5.26 Å². The highest BCUT2D eigenvalue weighted by atomic mass is 16.5. The molecular formula is C19H19N3O. The minimum Gasteiger partial charge on any atom is -0.493 e. The fraction of sp³-hybridized carbons (Fsp3) is 0.263. The van der Waals surface area contributed by atoms with Crippen molar-refractivity contribution in [1.82, 2.24) is 9.55 Å². The van der Waals surface area contributed by atoms with Crippen LogP contribution in [0.5, 0.6) is 5.75 Å². The summed E-state index contributed by atoms with van der Waals surface area (Å²) < 4.78 is 7.91. The fourth-order valence-corrected chi connectivity index (χ4v) is 2.61. The Morgan fingerprint density at radius 2 is 1.87 bits per heavy atom. The summed E-state index contributed by atoms with van der Waals surface area (Å²) in [5.41, 5.74) is 2.04. The largest absolute Gasteiger partial charge is 0.493 e. The van der Waals surface area contributed by atoms with Crippen molar-refractivity contribution in [2.75, 3.05) is 6.61 Å². The van der Waals surface area contributed by atoms with E-state index in [1.54, 1.807) is 0 Å². The van der Waals surface area contributed by atoms with E-state index in [2.05, 4.69) is 10.6 Å². The first kappa shape index (κ1) is 15.1. The molecule has 0 aliphatic heterocycles. The van der Waals surface area contributed by atoms with Crippen LogP contribution in [0.4, 0.5) is 0 Å². The Bertz CT molecular complexity index is 817. The van der Waals surface area contributed by atoms with Gasteiger partial charge in [0, 0.05) is 13.0 Å². The summed E-state index contributed by atoms with van der Waals surface area (Å²) in [6.45, 7) is 3.14. The third-order valence-electron chi connectivity index (χ3n) is 3.75. The van der Waals surface area contributed by atoms with Crippen LogP contribution in [0.3, 0.4) is 0 Å². The molecule has 116 valence electrons. The minimum absolute atomic E-state index is 0.0543. The fourth-order valence-electron chi connectivity index (χ4n) is 2.61. The van der Waals surface area contributed by atoms with Crippen molar-refractivity contribution in [2.24, 2.45) is 5.92 Å². The number of nitriles is 1. The molecule has 0 fully saturated rings. The second-order valence-electron chi connectivity index (χ2n) is 5.57. The van der Waals surface area contributed by atoms with Gasteiger partial charge in [-0.15, -0.1) is 0 Å². The van der Waals surface area contributed by atoms with Crippen LogP contribution in [0, 0.1) is 17.2 Å². The molecule has 1 unspecified atom stereocenters. The van der Waals surface area contributed by atoms with Gasteiger partial charge in [0.25, 0.3) is 0 Å². The van der Waals surface area contributed by atoms with Gasteiger partial charge in [0.05, 0.1) is 29.6 Å². The summed E-state index contributed by atoms with van der Waals surface area (Å²) in [7, 11) is 0. The molecule has 0 amide bonds. The van der Waals surface area contributed by atoms with Crippen molar-refractivity contribution < 1.29 is 4.74 Å². The molecule has 4 nitrogen and oxygen atoms in total. The van der Waals surface area contributed by atoms with Crippen molar-refractivity contribution >= 4 is 11.0 Å². The summed E-state index contributed by atoms with van der Waals surface area (Å²) >= 11 is 0. The van der Waals surface area contributed by atoms with Gasteiger partial charge >= 0.3 is 0 Å². The molecule has 1 heterocycles. The number of nitrogens with zero attached hydrogens (tertiary/aromatic N) is 3. The first-order valence-corrected chi connectivity index (χ1v) is 7.79. The average molecular weight is 305 g/mol. The highest BCUT2D eigenvalue weighted by Gasteiger charge is 2.13. The van der Waals surface area contributed by atoms with E-state index in [1.165, 1.54) is 0 Å². The summed E-state index contributed by atoms with van der Waals surface area (Å²) in [5.74, 6) is 1.77. The van der Waals surface area contributed by atoms with Gasteiger partial charge in [-0.1, -0.05) is 30.3 Å². The number of hydrogen-bond donors (Lipinski definition) is 0. The molecule has 2 aromatic carbocycles. The predicted octanol–water partition coefficient (Wildman–Crippen LogP) is 3.82. The number of imidazole rings is 1. The minimum atomic E-state index is -0.0543. The molecule has 23 heavy (non-hydrogen) atoms. The van der Waals surface area contributed by atoms with Crippen LogP contribution < -0.4 is 4.74 Å². The molecule has 0 bridgehead atoms. The maximum Gasteiger partial charge on any atom is 0.119 e. The summed E-state index contributed by atoms with van der Waals surface area (Å²) in [6, 6.07) is 20.1. The molecule has 1 atom stereocenters. The summed E-state index contributed by atoms with van der Waals surface area (Å²) in [5, 5.41) is 9.11. The first-order chi connectivity index (χ1) is 11.3. The molecule has 0 N–H and O–H groups in total. The number of aromatic nitrogens is 2. The van der Waals surface area contributed by atoms with Crippen molar-refractivity contribution in [3.63, 3.8) is 0 Å². The molecule has 1 aromatic heterocycles. The zero-order chi connectivity index (χ0) is 16.1. The van der Waals surface area contributed by atoms with Crippen LogP contribution >= 0.6 is 0 Å². The number of hydrogen-bond acceptors (Lipinski definition) is 3. The molecule has 3 aromatic rings. The third kappa shape index (κ3) is 3.51. The Morgan fingerprint density at radius 1 is 1.13 bits per heavy atom. The molecule has 0 spiro atoms. The van der Waals surface area contributed by atoms with Crippen LogP contribution in [0.2, 0.25) is 0 Å². The van der Waals surface area contributed by atoms with E-state index < -0.39 is 0 Å². The second-order valence-corrected chi connectivity index (χ2v) is 5.57. The Balaban J connectivity index is 1.79. The molecule has 0 radical (unpaired) electrons. The molecular weight excluding hydrogens is 286 g/mol. The normalized spacial score (nSPS) is 12.0. The predicted molar refractivity (Wildman–Crippen MR) is 90.2 cm³/mol. The van der Waals surface area contributed by atoms with Crippen molar-refractivity contribution in [3.05, 3.63) is 60.4 Å². The first-order valence-electron chi connectivity index (χ1n) is 7.79. The zero-order valence-corrected chi connectivity index (χ0v) is 13.1. The van der Waals surface area contributed by atoms with E-state index in [4.69, 9.17) is 15.0 Å². The van der Waals surface area contributed by atoms with Crippen molar-refractivity contribution in [3.8, 4) is 11.8 Å². The van der Waals surface area contributed by atoms with Gasteiger partial charge in [0.15, 0.2) is 0 Å². The Labute approximate surface area is 136 Å². The van der Waals surface area contributed by atoms with Gasteiger partial charge in [-0.2, -0.15) is 5.26 Å². The number of benzene rings is 2. The quantitative estimate of drug-likeness (QED) is 0.695. The number of rotatable bonds is 6. The van der Waals surface area contributed by atoms with Crippen LogP contribution in [-0.2, 0) is 13.0 Å². The molecule has 3 rings (SSSR count). The average Bonchev–Trinajstić information content (AvgIpc) is 2.93. The van der Waals surface area contributed by atoms with Crippen LogP contribution in [0.25, 0.3) is 11.0 Å². The molecule has 4 heteroatoms. The van der Waals surface area contributed by atoms with Crippen LogP contribution in [0.15, 0.2) is 54.6 Å². The maximum atomic E-state index is 9.11. The highest BCUT2D eigenvalue weighted by Crippen LogP contribution is 2.18. The number of ether oxygens (including phenoxy) is 1. The summed E-state index contributed by atoms with van der Waals surface area (Å²) in [4.78, 5) is 4.70. The molecule has 0 aliphatic rings. The highest BCUT2D eigenvalue weighted by molar-refractivity contribution is 5.75. The Morgan fingerprint density at radius 3 is 2.65 bits per heavy atom. The molecule has 0 aliphatic carbocycles. The Hall–Kier alpha value is -2.80. The van der Waals surface area contributed by atoms with Crippen molar-refractivity contribution in [2.45, 2.75) is 19.9 Å². The SMILES string of the molecule is CC(C#N)Cn1c(CCOc2ccccc2)nc2ccccc21. The van der Waals surface area contributed by atoms with Crippen LogP contribution in [0.1, 0.15) is 12.7 Å². The standard InChI is InChI=1S/C19H19N3O/c1-15(13-20)14-22-18-10-6-5-9-17(18)21-19(22)11-12-23-16-7-3-2-4-8-16/h2-10,15H,11-12,14H2,1H3. The van der Waals surface area contributed by atoms with E-state index in [-0.39, 0.29) is 5.92 Å². The lowest BCUT2D eigenvalue weighted by molar-refractivity contribution is 0.316. The van der Waals surface area contributed by atoms with Crippen LogP contribution in [-0.4, -0.2) is 16.2 Å². The van der Waals surface area contributed by atoms with Gasteiger partial charge in [-0.3, -0.25) is 0 Å². The molecule has 0 saturated heterocycles. The van der Waals surface area contributed by atoms with E-state index >= 15 is 0 Å². The van der Waals surface area contributed by atoms with Gasteiger partial charge in [-0.25, -0.2) is 4.98 Å². The topological polar surface area (TPSA) is 50.8 Å². The maximum absolute atomic E-state index is 9.11. The van der Waals surface area contributed by atoms with Gasteiger partial charge in [-0.05, 0) is 31.2 Å². The number of fused-ring (bicyclic) bond motifs is 1. The van der Waals surface area contributed by atoms with E-state index in [9.17, 15) is 0 Å². The Kier molecular flexibility index (Phi) is 4.58. The van der Waals surface area contributed by atoms with E-state index in [0.29, 0.717) is 19.6 Å². The lowest BCUT2D eigenvalue weighted by atomic mass is 10.2. The van der Waals surface area contributed by atoms with Gasteiger partial charge in [0.1, 0.15) is 11.6 Å². The third-order valence-corrected chi connectivity index (χ3v) is 3.75. The second kappa shape index (κ2) is 6.97. The monoisotopic (exact) mass is 305 g/mol.